The lowest BCUT2D eigenvalue weighted by atomic mass is 10.3. The molecule has 7 heteroatoms. The Balaban J connectivity index is 1.92. The smallest absolute Gasteiger partial charge is 0.251 e. The van der Waals surface area contributed by atoms with E-state index < -0.39 is 0 Å². The Labute approximate surface area is 150 Å². The van der Waals surface area contributed by atoms with Crippen LogP contribution in [0.2, 0.25) is 10.0 Å². The molecule has 0 radical (unpaired) electrons. The van der Waals surface area contributed by atoms with Crippen molar-refractivity contribution in [1.82, 2.24) is 15.2 Å². The molecule has 5 nitrogen and oxygen atoms in total. The molecule has 0 spiro atoms. The molecular formula is C17H15Cl2N5. The summed E-state index contributed by atoms with van der Waals surface area (Å²) in [5, 5.41) is 12.3. The first-order valence-electron chi connectivity index (χ1n) is 7.42. The van der Waals surface area contributed by atoms with Gasteiger partial charge in [0.05, 0.1) is 21.9 Å². The summed E-state index contributed by atoms with van der Waals surface area (Å²) in [5.41, 5.74) is 1.59. The molecule has 0 aliphatic carbocycles. The van der Waals surface area contributed by atoms with E-state index in [1.807, 2.05) is 42.2 Å². The maximum atomic E-state index is 6.18. The molecule has 0 atom stereocenters. The van der Waals surface area contributed by atoms with Crippen LogP contribution in [0.15, 0.2) is 54.7 Å². The molecule has 0 saturated heterocycles. The Morgan fingerprint density at radius 3 is 2.38 bits per heavy atom. The Kier molecular flexibility index (Phi) is 5.13. The van der Waals surface area contributed by atoms with Gasteiger partial charge in [0.25, 0.3) is 5.95 Å². The highest BCUT2D eigenvalue weighted by Gasteiger charge is 2.13. The molecule has 0 amide bonds. The number of aromatic nitrogens is 3. The predicted molar refractivity (Wildman–Crippen MR) is 98.7 cm³/mol. The van der Waals surface area contributed by atoms with E-state index in [2.05, 4.69) is 20.5 Å². The summed E-state index contributed by atoms with van der Waals surface area (Å²) in [5.74, 6) is 1.02. The van der Waals surface area contributed by atoms with Crippen molar-refractivity contribution in [2.75, 3.05) is 16.8 Å². The first-order valence-corrected chi connectivity index (χ1v) is 8.18. The maximum absolute atomic E-state index is 6.18. The predicted octanol–water partition coefficient (Wildman–Crippen LogP) is 5.08. The Bertz CT molecular complexity index is 806. The normalized spacial score (nSPS) is 10.5. The monoisotopic (exact) mass is 359 g/mol. The number of rotatable bonds is 5. The van der Waals surface area contributed by atoms with Gasteiger partial charge in [-0.05, 0) is 31.2 Å². The molecule has 122 valence electrons. The second kappa shape index (κ2) is 7.47. The van der Waals surface area contributed by atoms with Gasteiger partial charge in [-0.15, -0.1) is 5.10 Å². The number of hydrogen-bond donors (Lipinski definition) is 1. The van der Waals surface area contributed by atoms with E-state index in [9.17, 15) is 0 Å². The van der Waals surface area contributed by atoms with Crippen LogP contribution in [0.25, 0.3) is 0 Å². The van der Waals surface area contributed by atoms with E-state index in [4.69, 9.17) is 23.2 Å². The number of nitrogens with one attached hydrogen (secondary N) is 1. The largest absolute Gasteiger partial charge is 0.336 e. The molecule has 0 bridgehead atoms. The number of anilines is 4. The quantitative estimate of drug-likeness (QED) is 0.688. The lowest BCUT2D eigenvalue weighted by molar-refractivity contribution is 0.887. The van der Waals surface area contributed by atoms with E-state index in [1.165, 1.54) is 6.20 Å². The highest BCUT2D eigenvalue weighted by atomic mass is 35.5. The zero-order valence-electron chi connectivity index (χ0n) is 12.9. The zero-order chi connectivity index (χ0) is 16.9. The fourth-order valence-corrected chi connectivity index (χ4v) is 2.75. The summed E-state index contributed by atoms with van der Waals surface area (Å²) < 4.78 is 0. The lowest BCUT2D eigenvalue weighted by Gasteiger charge is -2.20. The van der Waals surface area contributed by atoms with Crippen molar-refractivity contribution in [3.8, 4) is 0 Å². The van der Waals surface area contributed by atoms with Crippen LogP contribution < -0.4 is 10.2 Å². The molecule has 0 aliphatic heterocycles. The molecule has 1 heterocycles. The van der Waals surface area contributed by atoms with Crippen LogP contribution in [-0.2, 0) is 0 Å². The third kappa shape index (κ3) is 3.58. The van der Waals surface area contributed by atoms with Crippen molar-refractivity contribution in [2.45, 2.75) is 6.92 Å². The maximum Gasteiger partial charge on any atom is 0.251 e. The summed E-state index contributed by atoms with van der Waals surface area (Å²) in [6.07, 6.45) is 1.53. The summed E-state index contributed by atoms with van der Waals surface area (Å²) in [7, 11) is 0. The van der Waals surface area contributed by atoms with Crippen LogP contribution in [0.5, 0.6) is 0 Å². The Morgan fingerprint density at radius 1 is 1.00 bits per heavy atom. The molecule has 0 aliphatic rings. The minimum absolute atomic E-state index is 0.497. The molecule has 1 N–H and O–H groups in total. The summed E-state index contributed by atoms with van der Waals surface area (Å²) >= 11 is 12.4. The van der Waals surface area contributed by atoms with E-state index in [0.717, 1.165) is 5.69 Å². The van der Waals surface area contributed by atoms with Crippen LogP contribution in [0.4, 0.5) is 23.1 Å². The van der Waals surface area contributed by atoms with Crippen molar-refractivity contribution in [1.29, 1.82) is 0 Å². The number of hydrogen-bond acceptors (Lipinski definition) is 5. The van der Waals surface area contributed by atoms with Gasteiger partial charge >= 0.3 is 0 Å². The SMILES string of the molecule is CCN(c1ccccc1)c1nncc(Nc2c(Cl)cccc2Cl)n1. The molecule has 2 aromatic carbocycles. The van der Waals surface area contributed by atoms with Crippen molar-refractivity contribution in [2.24, 2.45) is 0 Å². The highest BCUT2D eigenvalue weighted by Crippen LogP contribution is 2.32. The number of halogens is 2. The minimum Gasteiger partial charge on any atom is -0.336 e. The van der Waals surface area contributed by atoms with Gasteiger partial charge in [0.1, 0.15) is 0 Å². The van der Waals surface area contributed by atoms with E-state index in [1.54, 1.807) is 18.2 Å². The summed E-state index contributed by atoms with van der Waals surface area (Å²) in [4.78, 5) is 6.49. The zero-order valence-corrected chi connectivity index (χ0v) is 14.5. The molecule has 0 saturated carbocycles. The van der Waals surface area contributed by atoms with Crippen molar-refractivity contribution in [3.05, 3.63) is 64.8 Å². The van der Waals surface area contributed by atoms with Crippen LogP contribution >= 0.6 is 23.2 Å². The topological polar surface area (TPSA) is 53.9 Å². The van der Waals surface area contributed by atoms with Crippen LogP contribution in [0.1, 0.15) is 6.92 Å². The third-order valence-corrected chi connectivity index (χ3v) is 4.02. The Morgan fingerprint density at radius 2 is 1.71 bits per heavy atom. The van der Waals surface area contributed by atoms with Crippen LogP contribution in [0.3, 0.4) is 0 Å². The molecule has 0 fully saturated rings. The fourth-order valence-electron chi connectivity index (χ4n) is 2.26. The van der Waals surface area contributed by atoms with Gasteiger partial charge in [-0.3, -0.25) is 0 Å². The third-order valence-electron chi connectivity index (χ3n) is 3.39. The van der Waals surface area contributed by atoms with Crippen molar-refractivity contribution >= 4 is 46.3 Å². The van der Waals surface area contributed by atoms with Gasteiger partial charge in [0.15, 0.2) is 5.82 Å². The van der Waals surface area contributed by atoms with Crippen LogP contribution in [0, 0.1) is 0 Å². The summed E-state index contributed by atoms with van der Waals surface area (Å²) in [6.45, 7) is 2.74. The number of nitrogens with zero attached hydrogens (tertiary/aromatic N) is 4. The van der Waals surface area contributed by atoms with E-state index >= 15 is 0 Å². The second-order valence-electron chi connectivity index (χ2n) is 4.94. The van der Waals surface area contributed by atoms with Gasteiger partial charge in [-0.2, -0.15) is 10.1 Å². The summed E-state index contributed by atoms with van der Waals surface area (Å²) in [6, 6.07) is 15.2. The van der Waals surface area contributed by atoms with E-state index in [0.29, 0.717) is 34.0 Å². The van der Waals surface area contributed by atoms with Gasteiger partial charge in [-0.1, -0.05) is 47.5 Å². The molecule has 1 aromatic heterocycles. The second-order valence-corrected chi connectivity index (χ2v) is 5.76. The number of para-hydroxylation sites is 2. The molecular weight excluding hydrogens is 345 g/mol. The Hall–Kier alpha value is -2.37. The van der Waals surface area contributed by atoms with Crippen LogP contribution in [-0.4, -0.2) is 21.7 Å². The van der Waals surface area contributed by atoms with Gasteiger partial charge in [-0.25, -0.2) is 0 Å². The average molecular weight is 360 g/mol. The van der Waals surface area contributed by atoms with E-state index in [-0.39, 0.29) is 0 Å². The average Bonchev–Trinajstić information content (AvgIpc) is 2.60. The first kappa shape index (κ1) is 16.5. The standard InChI is InChI=1S/C17H15Cl2N5/c1-2-24(12-7-4-3-5-8-12)17-22-15(11-20-23-17)21-16-13(18)9-6-10-14(16)19/h3-11H,2H2,1H3,(H,21,22,23). The lowest BCUT2D eigenvalue weighted by Crippen LogP contribution is -2.19. The molecule has 3 aromatic rings. The molecule has 24 heavy (non-hydrogen) atoms. The van der Waals surface area contributed by atoms with Gasteiger partial charge in [0.2, 0.25) is 0 Å². The molecule has 0 unspecified atom stereocenters. The fraction of sp³-hybridized carbons (Fsp3) is 0.118. The van der Waals surface area contributed by atoms with Crippen molar-refractivity contribution < 1.29 is 0 Å². The van der Waals surface area contributed by atoms with Gasteiger partial charge < -0.3 is 10.2 Å². The highest BCUT2D eigenvalue weighted by molar-refractivity contribution is 6.39. The number of benzene rings is 2. The van der Waals surface area contributed by atoms with Crippen molar-refractivity contribution in [3.63, 3.8) is 0 Å². The molecule has 3 rings (SSSR count). The minimum atomic E-state index is 0.497. The first-order chi connectivity index (χ1) is 11.7. The van der Waals surface area contributed by atoms with Gasteiger partial charge in [0, 0.05) is 12.2 Å².